The summed E-state index contributed by atoms with van der Waals surface area (Å²) >= 11 is 0. The predicted molar refractivity (Wildman–Crippen MR) is 133 cm³/mol. The molecule has 9 heteroatoms. The first kappa shape index (κ1) is 26.7. The van der Waals surface area contributed by atoms with Gasteiger partial charge in [0, 0.05) is 32.6 Å². The highest BCUT2D eigenvalue weighted by molar-refractivity contribution is 14.0. The maximum Gasteiger partial charge on any atom is 0.241 e. The number of hydrogen-bond acceptors (Lipinski definition) is 5. The SMILES string of the molecule is CCc1noc(CC)c1CN=C(NCCc1ccc(OC)cc1)NCC(=O)N(C)C.I. The molecule has 1 aromatic carbocycles. The average molecular weight is 543 g/mol. The highest BCUT2D eigenvalue weighted by Crippen LogP contribution is 2.16. The van der Waals surface area contributed by atoms with Crippen molar-refractivity contribution in [3.8, 4) is 5.75 Å². The molecule has 1 heterocycles. The van der Waals surface area contributed by atoms with Crippen molar-refractivity contribution in [2.24, 2.45) is 4.99 Å². The number of nitrogens with zero attached hydrogens (tertiary/aromatic N) is 3. The number of ether oxygens (including phenoxy) is 1. The highest BCUT2D eigenvalue weighted by atomic mass is 127. The lowest BCUT2D eigenvalue weighted by molar-refractivity contribution is -0.127. The van der Waals surface area contributed by atoms with Crippen molar-refractivity contribution in [3.05, 3.63) is 46.8 Å². The van der Waals surface area contributed by atoms with Crippen LogP contribution in [0.1, 0.15) is 36.4 Å². The molecule has 0 spiro atoms. The van der Waals surface area contributed by atoms with Crippen molar-refractivity contribution in [2.45, 2.75) is 39.7 Å². The minimum atomic E-state index is -0.0203. The number of methoxy groups -OCH3 is 1. The Bertz CT molecular complexity index is 813. The number of benzene rings is 1. The van der Waals surface area contributed by atoms with Crippen LogP contribution in [-0.4, -0.2) is 56.2 Å². The molecule has 0 radical (unpaired) electrons. The molecular formula is C22H34IN5O3. The first-order chi connectivity index (χ1) is 14.5. The number of carbonyl (C=O) groups excluding carboxylic acids is 1. The van der Waals surface area contributed by atoms with Gasteiger partial charge >= 0.3 is 0 Å². The number of nitrogens with one attached hydrogen (secondary N) is 2. The number of aryl methyl sites for hydroxylation is 2. The van der Waals surface area contributed by atoms with Gasteiger partial charge in [0.15, 0.2) is 5.96 Å². The third-order valence-corrected chi connectivity index (χ3v) is 4.77. The molecular weight excluding hydrogens is 509 g/mol. The summed E-state index contributed by atoms with van der Waals surface area (Å²) in [5, 5.41) is 10.6. The minimum Gasteiger partial charge on any atom is -0.497 e. The standard InChI is InChI=1S/C22H33N5O3.HI/c1-6-19-18(20(7-2)30-26-19)14-24-22(25-15-21(28)27(3)4)23-13-12-16-8-10-17(29-5)11-9-16;/h8-11H,6-7,12-15H2,1-5H3,(H2,23,24,25);1H. The molecule has 0 atom stereocenters. The van der Waals surface area contributed by atoms with Gasteiger partial charge in [0.2, 0.25) is 5.91 Å². The molecule has 0 aliphatic heterocycles. The zero-order chi connectivity index (χ0) is 21.9. The minimum absolute atomic E-state index is 0. The second kappa shape index (κ2) is 13.9. The van der Waals surface area contributed by atoms with Gasteiger partial charge in [0.05, 0.1) is 25.9 Å². The van der Waals surface area contributed by atoms with Gasteiger partial charge in [-0.2, -0.15) is 0 Å². The van der Waals surface area contributed by atoms with E-state index in [4.69, 9.17) is 9.26 Å². The Morgan fingerprint density at radius 1 is 1.16 bits per heavy atom. The summed E-state index contributed by atoms with van der Waals surface area (Å²) in [6.45, 7) is 5.39. The summed E-state index contributed by atoms with van der Waals surface area (Å²) in [6.07, 6.45) is 2.38. The molecule has 2 N–H and O–H groups in total. The average Bonchev–Trinajstić information content (AvgIpc) is 3.17. The first-order valence-electron chi connectivity index (χ1n) is 10.3. The second-order valence-corrected chi connectivity index (χ2v) is 7.07. The summed E-state index contributed by atoms with van der Waals surface area (Å²) < 4.78 is 10.6. The lowest BCUT2D eigenvalue weighted by Crippen LogP contribution is -2.43. The fraction of sp³-hybridized carbons (Fsp3) is 0.500. The molecule has 8 nitrogen and oxygen atoms in total. The number of carbonyl (C=O) groups is 1. The van der Waals surface area contributed by atoms with Crippen LogP contribution >= 0.6 is 24.0 Å². The Kier molecular flexibility index (Phi) is 12.0. The van der Waals surface area contributed by atoms with Gasteiger partial charge < -0.3 is 24.8 Å². The number of aromatic nitrogens is 1. The van der Waals surface area contributed by atoms with E-state index in [0.29, 0.717) is 19.0 Å². The van der Waals surface area contributed by atoms with Crippen LogP contribution in [0.4, 0.5) is 0 Å². The zero-order valence-corrected chi connectivity index (χ0v) is 21.4. The van der Waals surface area contributed by atoms with E-state index in [1.807, 2.05) is 38.1 Å². The molecule has 0 unspecified atom stereocenters. The molecule has 0 fully saturated rings. The van der Waals surface area contributed by atoms with E-state index in [0.717, 1.165) is 42.0 Å². The van der Waals surface area contributed by atoms with Crippen molar-refractivity contribution >= 4 is 35.8 Å². The molecule has 0 aliphatic carbocycles. The van der Waals surface area contributed by atoms with Crippen LogP contribution in [0.3, 0.4) is 0 Å². The summed E-state index contributed by atoms with van der Waals surface area (Å²) in [6, 6.07) is 7.97. The van der Waals surface area contributed by atoms with Crippen molar-refractivity contribution in [1.82, 2.24) is 20.7 Å². The summed E-state index contributed by atoms with van der Waals surface area (Å²) in [7, 11) is 5.12. The summed E-state index contributed by atoms with van der Waals surface area (Å²) in [5.74, 6) is 2.26. The smallest absolute Gasteiger partial charge is 0.241 e. The second-order valence-electron chi connectivity index (χ2n) is 7.07. The van der Waals surface area contributed by atoms with E-state index in [2.05, 4.69) is 20.8 Å². The van der Waals surface area contributed by atoms with Crippen LogP contribution < -0.4 is 15.4 Å². The van der Waals surface area contributed by atoms with Gasteiger partial charge in [-0.05, 0) is 30.5 Å². The fourth-order valence-corrected chi connectivity index (χ4v) is 2.88. The third-order valence-electron chi connectivity index (χ3n) is 4.77. The summed E-state index contributed by atoms with van der Waals surface area (Å²) in [5.41, 5.74) is 3.14. The van der Waals surface area contributed by atoms with Crippen LogP contribution in [-0.2, 0) is 30.6 Å². The van der Waals surface area contributed by atoms with E-state index in [1.165, 1.54) is 5.56 Å². The lowest BCUT2D eigenvalue weighted by Gasteiger charge is -2.15. The number of aliphatic imine (C=N–C) groups is 1. The molecule has 172 valence electrons. The molecule has 2 aromatic rings. The van der Waals surface area contributed by atoms with E-state index < -0.39 is 0 Å². The van der Waals surface area contributed by atoms with Gasteiger partial charge in [0.1, 0.15) is 11.5 Å². The van der Waals surface area contributed by atoms with Gasteiger partial charge in [-0.15, -0.1) is 24.0 Å². The van der Waals surface area contributed by atoms with Gasteiger partial charge in [0.25, 0.3) is 0 Å². The predicted octanol–water partition coefficient (Wildman–Crippen LogP) is 2.79. The molecule has 31 heavy (non-hydrogen) atoms. The number of amides is 1. The summed E-state index contributed by atoms with van der Waals surface area (Å²) in [4.78, 5) is 18.2. The Hall–Kier alpha value is -2.30. The molecule has 0 saturated heterocycles. The van der Waals surface area contributed by atoms with Crippen LogP contribution in [0.15, 0.2) is 33.8 Å². The maximum absolute atomic E-state index is 12.0. The maximum atomic E-state index is 12.0. The Balaban J connectivity index is 0.00000480. The Morgan fingerprint density at radius 3 is 2.45 bits per heavy atom. The van der Waals surface area contributed by atoms with Gasteiger partial charge in [-0.1, -0.05) is 31.1 Å². The monoisotopic (exact) mass is 543 g/mol. The van der Waals surface area contributed by atoms with E-state index in [-0.39, 0.29) is 36.4 Å². The topological polar surface area (TPSA) is 92.0 Å². The lowest BCUT2D eigenvalue weighted by atomic mass is 10.1. The number of likely N-dealkylation sites (N-methyl/N-ethyl adjacent to an activating group) is 1. The molecule has 1 aromatic heterocycles. The largest absolute Gasteiger partial charge is 0.497 e. The number of hydrogen-bond donors (Lipinski definition) is 2. The molecule has 1 amide bonds. The molecule has 0 saturated carbocycles. The normalized spacial score (nSPS) is 10.9. The van der Waals surface area contributed by atoms with Crippen LogP contribution in [0.25, 0.3) is 0 Å². The molecule has 0 aliphatic rings. The number of guanidine groups is 1. The van der Waals surface area contributed by atoms with Crippen molar-refractivity contribution in [1.29, 1.82) is 0 Å². The number of halogens is 1. The molecule has 2 rings (SSSR count). The third kappa shape index (κ3) is 8.39. The van der Waals surface area contributed by atoms with Gasteiger partial charge in [-0.3, -0.25) is 4.79 Å². The Morgan fingerprint density at radius 2 is 1.87 bits per heavy atom. The van der Waals surface area contributed by atoms with E-state index in [1.54, 1.807) is 26.1 Å². The highest BCUT2D eigenvalue weighted by Gasteiger charge is 2.13. The van der Waals surface area contributed by atoms with Crippen molar-refractivity contribution in [3.63, 3.8) is 0 Å². The van der Waals surface area contributed by atoms with Crippen molar-refractivity contribution < 1.29 is 14.1 Å². The van der Waals surface area contributed by atoms with Crippen LogP contribution in [0.5, 0.6) is 5.75 Å². The molecule has 0 bridgehead atoms. The van der Waals surface area contributed by atoms with Crippen molar-refractivity contribution in [2.75, 3.05) is 34.3 Å². The van der Waals surface area contributed by atoms with Crippen LogP contribution in [0.2, 0.25) is 0 Å². The number of rotatable bonds is 10. The van der Waals surface area contributed by atoms with Gasteiger partial charge in [-0.25, -0.2) is 4.99 Å². The first-order valence-corrected chi connectivity index (χ1v) is 10.3. The fourth-order valence-electron chi connectivity index (χ4n) is 2.88. The van der Waals surface area contributed by atoms with E-state index in [9.17, 15) is 4.79 Å². The van der Waals surface area contributed by atoms with Crippen LogP contribution in [0, 0.1) is 0 Å². The zero-order valence-electron chi connectivity index (χ0n) is 19.0. The Labute approximate surface area is 201 Å². The quantitative estimate of drug-likeness (QED) is 0.272. The van der Waals surface area contributed by atoms with E-state index >= 15 is 0 Å².